The summed E-state index contributed by atoms with van der Waals surface area (Å²) in [4.78, 5) is 9.60. The van der Waals surface area contributed by atoms with E-state index in [2.05, 4.69) is 4.74 Å². The first-order valence-electron chi connectivity index (χ1n) is 5.02. The van der Waals surface area contributed by atoms with Crippen LogP contribution >= 0.6 is 0 Å². The summed E-state index contributed by atoms with van der Waals surface area (Å²) in [6.45, 7) is -0.382. The molecule has 106 valence electrons. The zero-order valence-corrected chi connectivity index (χ0v) is 10.6. The summed E-state index contributed by atoms with van der Waals surface area (Å²) in [6.07, 6.45) is -0.444. The Morgan fingerprint density at radius 3 is 2.32 bits per heavy atom. The van der Waals surface area contributed by atoms with Crippen LogP contribution in [0, 0.1) is 11.6 Å². The number of ether oxygens (including phenoxy) is 1. The van der Waals surface area contributed by atoms with Crippen molar-refractivity contribution in [2.75, 3.05) is 13.7 Å². The van der Waals surface area contributed by atoms with E-state index >= 15 is 0 Å². The molecule has 0 aliphatic rings. The van der Waals surface area contributed by atoms with Gasteiger partial charge in [0, 0.05) is 6.54 Å². The summed E-state index contributed by atoms with van der Waals surface area (Å²) in [7, 11) is -3.13. The topological polar surface area (TPSA) is 92.7 Å². The van der Waals surface area contributed by atoms with Crippen molar-refractivity contribution in [1.82, 2.24) is 4.72 Å². The summed E-state index contributed by atoms with van der Waals surface area (Å²) in [5.74, 6) is -4.22. The first-order chi connectivity index (χ1) is 8.77. The fraction of sp³-hybridized carbons (Fsp3) is 0.300. The fourth-order valence-electron chi connectivity index (χ4n) is 1.26. The van der Waals surface area contributed by atoms with E-state index in [0.29, 0.717) is 12.1 Å². The highest BCUT2D eigenvalue weighted by Gasteiger charge is 2.20. The summed E-state index contributed by atoms with van der Waals surface area (Å²) >= 11 is 0. The zero-order valence-electron chi connectivity index (χ0n) is 9.81. The van der Waals surface area contributed by atoms with Crippen LogP contribution in [0.25, 0.3) is 0 Å². The van der Waals surface area contributed by atoms with Gasteiger partial charge in [-0.25, -0.2) is 21.9 Å². The molecule has 0 aromatic heterocycles. The maximum absolute atomic E-state index is 13.3. The molecule has 0 spiro atoms. The van der Waals surface area contributed by atoms with Crippen LogP contribution in [-0.2, 0) is 14.8 Å². The van der Waals surface area contributed by atoms with Crippen molar-refractivity contribution in [3.05, 3.63) is 23.8 Å². The van der Waals surface area contributed by atoms with Crippen LogP contribution in [0.3, 0.4) is 0 Å². The van der Waals surface area contributed by atoms with Crippen molar-refractivity contribution in [3.8, 4) is 5.75 Å². The van der Waals surface area contributed by atoms with Gasteiger partial charge >= 0.3 is 5.97 Å². The molecule has 0 radical (unpaired) electrons. The average Bonchev–Trinajstić information content (AvgIpc) is 2.27. The number of carbonyl (C=O) groups is 1. The van der Waals surface area contributed by atoms with Crippen molar-refractivity contribution >= 4 is 16.0 Å². The molecule has 0 fully saturated rings. The average molecular weight is 295 g/mol. The second-order valence-corrected chi connectivity index (χ2v) is 5.23. The van der Waals surface area contributed by atoms with Gasteiger partial charge in [0.25, 0.3) is 0 Å². The van der Waals surface area contributed by atoms with Crippen LogP contribution < -0.4 is 9.46 Å². The number of sulfonamides is 1. The maximum atomic E-state index is 13.3. The summed E-state index contributed by atoms with van der Waals surface area (Å²) < 4.78 is 56.3. The Hall–Kier alpha value is -1.74. The molecule has 1 aromatic rings. The number of nitrogens with one attached hydrogen (secondary N) is 1. The molecule has 1 rings (SSSR count). The number of halogens is 2. The third-order valence-corrected chi connectivity index (χ3v) is 3.56. The molecule has 6 nitrogen and oxygen atoms in total. The minimum atomic E-state index is -4.17. The van der Waals surface area contributed by atoms with Crippen LogP contribution in [-0.4, -0.2) is 33.1 Å². The monoisotopic (exact) mass is 295 g/mol. The molecule has 2 N–H and O–H groups in total. The predicted molar refractivity (Wildman–Crippen MR) is 60.4 cm³/mol. The Bertz CT molecular complexity index is 565. The Morgan fingerprint density at radius 1 is 1.37 bits per heavy atom. The van der Waals surface area contributed by atoms with E-state index in [1.54, 1.807) is 0 Å². The first kappa shape index (κ1) is 15.3. The minimum Gasteiger partial charge on any atom is -0.491 e. The number of methoxy groups -OCH3 is 1. The lowest BCUT2D eigenvalue weighted by molar-refractivity contribution is -0.136. The lowest BCUT2D eigenvalue weighted by Gasteiger charge is -2.08. The number of carboxylic acid groups (broad SMARTS) is 1. The second-order valence-electron chi connectivity index (χ2n) is 3.46. The van der Waals surface area contributed by atoms with Gasteiger partial charge in [0.05, 0.1) is 18.4 Å². The van der Waals surface area contributed by atoms with Gasteiger partial charge < -0.3 is 9.84 Å². The van der Waals surface area contributed by atoms with Crippen LogP contribution in [0.1, 0.15) is 6.42 Å². The SMILES string of the molecule is COc1c(F)cc(S(=O)(=O)NCCC(=O)O)cc1F. The number of benzene rings is 1. The Labute approximate surface area is 108 Å². The van der Waals surface area contributed by atoms with Crippen LogP contribution in [0.5, 0.6) is 5.75 Å². The molecule has 0 saturated heterocycles. The largest absolute Gasteiger partial charge is 0.491 e. The van der Waals surface area contributed by atoms with E-state index in [0.717, 1.165) is 7.11 Å². The van der Waals surface area contributed by atoms with E-state index in [1.807, 2.05) is 4.72 Å². The summed E-state index contributed by atoms with van der Waals surface area (Å²) in [6, 6.07) is 1.18. The van der Waals surface area contributed by atoms with Gasteiger partial charge in [-0.05, 0) is 12.1 Å². The molecule has 0 aliphatic carbocycles. The molecule has 0 saturated carbocycles. The molecule has 1 aromatic carbocycles. The van der Waals surface area contributed by atoms with Crippen molar-refractivity contribution in [3.63, 3.8) is 0 Å². The highest BCUT2D eigenvalue weighted by atomic mass is 32.2. The van der Waals surface area contributed by atoms with Gasteiger partial charge in [-0.2, -0.15) is 0 Å². The van der Waals surface area contributed by atoms with Crippen molar-refractivity contribution < 1.29 is 31.8 Å². The van der Waals surface area contributed by atoms with Crippen LogP contribution in [0.2, 0.25) is 0 Å². The van der Waals surface area contributed by atoms with Crippen molar-refractivity contribution in [2.24, 2.45) is 0 Å². The standard InChI is InChI=1S/C10H11F2NO5S/c1-18-10-7(11)4-6(5-8(10)12)19(16,17)13-3-2-9(14)15/h4-5,13H,2-3H2,1H3,(H,14,15). The lowest BCUT2D eigenvalue weighted by Crippen LogP contribution is -2.26. The number of hydrogen-bond acceptors (Lipinski definition) is 4. The zero-order chi connectivity index (χ0) is 14.6. The highest BCUT2D eigenvalue weighted by molar-refractivity contribution is 7.89. The molecule has 0 unspecified atom stereocenters. The first-order valence-corrected chi connectivity index (χ1v) is 6.50. The quantitative estimate of drug-likeness (QED) is 0.807. The van der Waals surface area contributed by atoms with E-state index in [4.69, 9.17) is 5.11 Å². The number of hydrogen-bond donors (Lipinski definition) is 2. The van der Waals surface area contributed by atoms with Crippen molar-refractivity contribution in [2.45, 2.75) is 11.3 Å². The summed E-state index contributed by atoms with van der Waals surface area (Å²) in [5.41, 5.74) is 0. The molecular formula is C10H11F2NO5S. The predicted octanol–water partition coefficient (Wildman–Crippen LogP) is 0.726. The number of rotatable bonds is 6. The van der Waals surface area contributed by atoms with E-state index in [1.165, 1.54) is 0 Å². The smallest absolute Gasteiger partial charge is 0.304 e. The van der Waals surface area contributed by atoms with Gasteiger partial charge in [0.15, 0.2) is 17.4 Å². The molecule has 19 heavy (non-hydrogen) atoms. The minimum absolute atomic E-state index is 0.382. The fourth-order valence-corrected chi connectivity index (χ4v) is 2.32. The lowest BCUT2D eigenvalue weighted by atomic mass is 10.3. The van der Waals surface area contributed by atoms with Gasteiger partial charge in [-0.3, -0.25) is 4.79 Å². The van der Waals surface area contributed by atoms with E-state index in [-0.39, 0.29) is 6.54 Å². The summed E-state index contributed by atoms with van der Waals surface area (Å²) in [5, 5.41) is 8.37. The molecule has 0 amide bonds. The van der Waals surface area contributed by atoms with Crippen LogP contribution in [0.15, 0.2) is 17.0 Å². The van der Waals surface area contributed by atoms with Gasteiger partial charge in [0.1, 0.15) is 0 Å². The normalized spacial score (nSPS) is 11.3. The molecule has 0 bridgehead atoms. The van der Waals surface area contributed by atoms with E-state index < -0.39 is 44.7 Å². The molecule has 0 atom stereocenters. The van der Waals surface area contributed by atoms with Gasteiger partial charge in [0.2, 0.25) is 10.0 Å². The van der Waals surface area contributed by atoms with E-state index in [9.17, 15) is 22.0 Å². The highest BCUT2D eigenvalue weighted by Crippen LogP contribution is 2.24. The molecule has 0 heterocycles. The Balaban J connectivity index is 2.99. The molecule has 0 aliphatic heterocycles. The van der Waals surface area contributed by atoms with Gasteiger partial charge in [-0.15, -0.1) is 0 Å². The van der Waals surface area contributed by atoms with Gasteiger partial charge in [-0.1, -0.05) is 0 Å². The second kappa shape index (κ2) is 5.93. The molecular weight excluding hydrogens is 284 g/mol. The number of aliphatic carboxylic acids is 1. The Kier molecular flexibility index (Phi) is 4.78. The molecule has 9 heteroatoms. The number of carboxylic acids is 1. The van der Waals surface area contributed by atoms with Crippen LogP contribution in [0.4, 0.5) is 8.78 Å². The Morgan fingerprint density at radius 2 is 1.89 bits per heavy atom. The van der Waals surface area contributed by atoms with Crippen molar-refractivity contribution in [1.29, 1.82) is 0 Å². The maximum Gasteiger partial charge on any atom is 0.304 e. The third kappa shape index (κ3) is 3.86. The third-order valence-electron chi connectivity index (χ3n) is 2.12.